The molecule has 0 fully saturated rings. The van der Waals surface area contributed by atoms with Crippen LogP contribution in [0.2, 0.25) is 0 Å². The van der Waals surface area contributed by atoms with Crippen LogP contribution in [0.25, 0.3) is 0 Å². The van der Waals surface area contributed by atoms with Crippen LogP contribution in [0.3, 0.4) is 0 Å². The molecule has 25 heavy (non-hydrogen) atoms. The van der Waals surface area contributed by atoms with E-state index in [1.54, 1.807) is 0 Å². The summed E-state index contributed by atoms with van der Waals surface area (Å²) >= 11 is 0. The van der Waals surface area contributed by atoms with E-state index in [0.29, 0.717) is 25.5 Å². The Hall–Kier alpha value is -1.06. The first kappa shape index (κ1) is 23.9. The number of unbranched alkanes of at least 4 members (excludes halogenated alkanes) is 2. The number of ether oxygens (including phenoxy) is 1. The number of nitrogens with zero attached hydrogens (tertiary/aromatic N) is 1. The van der Waals surface area contributed by atoms with Gasteiger partial charge in [0.05, 0.1) is 13.0 Å². The molecule has 1 amide bonds. The number of hydrogen-bond acceptors (Lipinski definition) is 3. The monoisotopic (exact) mass is 355 g/mol. The van der Waals surface area contributed by atoms with Gasteiger partial charge in [0, 0.05) is 19.0 Å². The SMILES string of the molecule is CCCCC(CC)CN(CCC(=O)OCC)C(=O)C(CC)CCCC. The summed E-state index contributed by atoms with van der Waals surface area (Å²) in [5.41, 5.74) is 0. The van der Waals surface area contributed by atoms with Gasteiger partial charge in [0.2, 0.25) is 5.91 Å². The third-order valence-electron chi connectivity index (χ3n) is 4.97. The fourth-order valence-electron chi connectivity index (χ4n) is 3.19. The lowest BCUT2D eigenvalue weighted by molar-refractivity contribution is -0.144. The molecule has 0 aromatic carbocycles. The summed E-state index contributed by atoms with van der Waals surface area (Å²) in [5.74, 6) is 0.638. The minimum absolute atomic E-state index is 0.0887. The molecule has 0 saturated carbocycles. The number of amides is 1. The van der Waals surface area contributed by atoms with Crippen molar-refractivity contribution in [2.24, 2.45) is 11.8 Å². The van der Waals surface area contributed by atoms with Gasteiger partial charge in [-0.05, 0) is 32.1 Å². The second kappa shape index (κ2) is 15.2. The van der Waals surface area contributed by atoms with E-state index in [-0.39, 0.29) is 17.8 Å². The predicted molar refractivity (Wildman–Crippen MR) is 104 cm³/mol. The van der Waals surface area contributed by atoms with Crippen molar-refractivity contribution in [3.63, 3.8) is 0 Å². The van der Waals surface area contributed by atoms with Crippen LogP contribution in [0, 0.1) is 11.8 Å². The van der Waals surface area contributed by atoms with Crippen molar-refractivity contribution >= 4 is 11.9 Å². The molecule has 4 nitrogen and oxygen atoms in total. The van der Waals surface area contributed by atoms with Gasteiger partial charge in [-0.25, -0.2) is 0 Å². The van der Waals surface area contributed by atoms with Crippen molar-refractivity contribution in [3.05, 3.63) is 0 Å². The Kier molecular flexibility index (Phi) is 14.6. The summed E-state index contributed by atoms with van der Waals surface area (Å²) in [4.78, 5) is 26.7. The maximum Gasteiger partial charge on any atom is 0.307 e. The van der Waals surface area contributed by atoms with E-state index in [1.807, 2.05) is 11.8 Å². The molecule has 0 aromatic rings. The molecule has 4 heteroatoms. The average molecular weight is 356 g/mol. The van der Waals surface area contributed by atoms with Crippen LogP contribution in [0.1, 0.15) is 92.4 Å². The fourth-order valence-corrected chi connectivity index (χ4v) is 3.19. The lowest BCUT2D eigenvalue weighted by atomic mass is 9.95. The summed E-state index contributed by atoms with van der Waals surface area (Å²) in [7, 11) is 0. The molecule has 0 N–H and O–H groups in total. The van der Waals surface area contributed by atoms with Crippen molar-refractivity contribution in [1.29, 1.82) is 0 Å². The van der Waals surface area contributed by atoms with Crippen LogP contribution in [-0.4, -0.2) is 36.5 Å². The van der Waals surface area contributed by atoms with E-state index >= 15 is 0 Å². The van der Waals surface area contributed by atoms with Gasteiger partial charge < -0.3 is 9.64 Å². The third-order valence-corrected chi connectivity index (χ3v) is 4.97. The van der Waals surface area contributed by atoms with Gasteiger partial charge in [-0.1, -0.05) is 59.8 Å². The summed E-state index contributed by atoms with van der Waals surface area (Å²) in [6.07, 6.45) is 8.94. The van der Waals surface area contributed by atoms with Crippen LogP contribution in [-0.2, 0) is 14.3 Å². The molecule has 0 bridgehead atoms. The van der Waals surface area contributed by atoms with Crippen molar-refractivity contribution in [1.82, 2.24) is 4.90 Å². The van der Waals surface area contributed by atoms with Crippen LogP contribution >= 0.6 is 0 Å². The van der Waals surface area contributed by atoms with Crippen molar-refractivity contribution in [2.75, 3.05) is 19.7 Å². The first-order valence-electron chi connectivity index (χ1n) is 10.5. The molecule has 148 valence electrons. The van der Waals surface area contributed by atoms with Gasteiger partial charge in [-0.3, -0.25) is 9.59 Å². The second-order valence-electron chi connectivity index (χ2n) is 7.00. The van der Waals surface area contributed by atoms with E-state index in [1.165, 1.54) is 12.8 Å². The molecule has 2 atom stereocenters. The van der Waals surface area contributed by atoms with Gasteiger partial charge in [0.1, 0.15) is 0 Å². The zero-order valence-corrected chi connectivity index (χ0v) is 17.3. The maximum atomic E-state index is 13.0. The topological polar surface area (TPSA) is 46.6 Å². The molecule has 0 saturated heterocycles. The van der Waals surface area contributed by atoms with Gasteiger partial charge in [0.15, 0.2) is 0 Å². The number of carbonyl (C=O) groups is 2. The highest BCUT2D eigenvalue weighted by Crippen LogP contribution is 2.20. The Morgan fingerprint density at radius 1 is 0.920 bits per heavy atom. The molecule has 0 aromatic heterocycles. The van der Waals surface area contributed by atoms with Crippen molar-refractivity contribution < 1.29 is 14.3 Å². The van der Waals surface area contributed by atoms with Gasteiger partial charge in [-0.15, -0.1) is 0 Å². The Balaban J connectivity index is 4.94. The zero-order chi connectivity index (χ0) is 19.1. The number of rotatable bonds is 15. The molecule has 0 rings (SSSR count). The van der Waals surface area contributed by atoms with Gasteiger partial charge in [0.25, 0.3) is 0 Å². The van der Waals surface area contributed by atoms with E-state index in [0.717, 1.165) is 45.1 Å². The molecule has 0 spiro atoms. The minimum Gasteiger partial charge on any atom is -0.466 e. The van der Waals surface area contributed by atoms with Gasteiger partial charge >= 0.3 is 5.97 Å². The Morgan fingerprint density at radius 3 is 2.08 bits per heavy atom. The quantitative estimate of drug-likeness (QED) is 0.379. The second-order valence-corrected chi connectivity index (χ2v) is 7.00. The normalized spacial score (nSPS) is 13.3. The van der Waals surface area contributed by atoms with E-state index < -0.39 is 0 Å². The van der Waals surface area contributed by atoms with E-state index in [4.69, 9.17) is 4.74 Å². The number of esters is 1. The highest BCUT2D eigenvalue weighted by Gasteiger charge is 2.25. The molecular formula is C21H41NO3. The number of hydrogen-bond donors (Lipinski definition) is 0. The van der Waals surface area contributed by atoms with Crippen LogP contribution in [0.4, 0.5) is 0 Å². The summed E-state index contributed by atoms with van der Waals surface area (Å²) in [5, 5.41) is 0. The van der Waals surface area contributed by atoms with Crippen molar-refractivity contribution in [2.45, 2.75) is 92.4 Å². The Bertz CT molecular complexity index is 357. The summed E-state index contributed by atoms with van der Waals surface area (Å²) in [6, 6.07) is 0. The Labute approximate surface area is 155 Å². The molecule has 2 unspecified atom stereocenters. The molecule has 0 aliphatic carbocycles. The van der Waals surface area contributed by atoms with Crippen LogP contribution in [0.5, 0.6) is 0 Å². The highest BCUT2D eigenvalue weighted by atomic mass is 16.5. The largest absolute Gasteiger partial charge is 0.466 e. The van der Waals surface area contributed by atoms with E-state index in [9.17, 15) is 9.59 Å². The van der Waals surface area contributed by atoms with Crippen LogP contribution < -0.4 is 0 Å². The van der Waals surface area contributed by atoms with E-state index in [2.05, 4.69) is 27.7 Å². The van der Waals surface area contributed by atoms with Gasteiger partial charge in [-0.2, -0.15) is 0 Å². The summed E-state index contributed by atoms with van der Waals surface area (Å²) < 4.78 is 5.04. The smallest absolute Gasteiger partial charge is 0.307 e. The molecular weight excluding hydrogens is 314 g/mol. The standard InChI is InChI=1S/C21H41NO3/c1-6-11-13-18(8-3)17-22(16-15-20(23)25-10-5)21(24)19(9-4)14-12-7-2/h18-19H,6-17H2,1-5H3. The molecule has 0 heterocycles. The Morgan fingerprint density at radius 2 is 1.56 bits per heavy atom. The first-order chi connectivity index (χ1) is 12.0. The lowest BCUT2D eigenvalue weighted by Gasteiger charge is -2.30. The van der Waals surface area contributed by atoms with Crippen LogP contribution in [0.15, 0.2) is 0 Å². The number of carbonyl (C=O) groups excluding carboxylic acids is 2. The molecule has 0 aliphatic heterocycles. The molecule has 0 aliphatic rings. The molecule has 0 radical (unpaired) electrons. The maximum absolute atomic E-state index is 13.0. The minimum atomic E-state index is -0.205. The van der Waals surface area contributed by atoms with Crippen molar-refractivity contribution in [3.8, 4) is 0 Å². The lowest BCUT2D eigenvalue weighted by Crippen LogP contribution is -2.40. The summed E-state index contributed by atoms with van der Waals surface area (Å²) in [6.45, 7) is 12.1. The first-order valence-corrected chi connectivity index (χ1v) is 10.5. The zero-order valence-electron chi connectivity index (χ0n) is 17.3. The fraction of sp³-hybridized carbons (Fsp3) is 0.905. The highest BCUT2D eigenvalue weighted by molar-refractivity contribution is 5.79. The predicted octanol–water partition coefficient (Wildman–Crippen LogP) is 5.20. The third kappa shape index (κ3) is 10.5. The average Bonchev–Trinajstić information content (AvgIpc) is 2.61.